The van der Waals surface area contributed by atoms with Crippen LogP contribution in [0.15, 0.2) is 42.6 Å². The van der Waals surface area contributed by atoms with E-state index in [2.05, 4.69) is 54.7 Å². The van der Waals surface area contributed by atoms with Gasteiger partial charge in [-0.05, 0) is 35.9 Å². The Bertz CT molecular complexity index is 1380. The van der Waals surface area contributed by atoms with E-state index in [0.717, 1.165) is 44.5 Å². The van der Waals surface area contributed by atoms with Gasteiger partial charge in [0.1, 0.15) is 5.75 Å². The second kappa shape index (κ2) is 13.6. The molecule has 13 heteroatoms. The standard InChI is InChI=1S/C29H36ClFN8O3/c1-36-6-8-38(9-7-36)19-20-2-4-21(5-3-20)22-16-23(26(41)24(30)17-22)28(42)34-35-29-32-18-25(31)27(33-29)39-12-10-37(11-13-39)14-15-40/h2-5,16-18,40-41H,6-15,19H2,1H3,(H,34,42)(H,32,33,35). The smallest absolute Gasteiger partial charge is 0.273 e. The number of phenols is 1. The Morgan fingerprint density at radius 1 is 1.00 bits per heavy atom. The molecular weight excluding hydrogens is 563 g/mol. The first kappa shape index (κ1) is 29.9. The largest absolute Gasteiger partial charge is 0.506 e. The number of hydrogen-bond donors (Lipinski definition) is 4. The number of carbonyl (C=O) groups is 1. The molecule has 0 atom stereocenters. The number of halogens is 2. The Labute approximate surface area is 249 Å². The minimum atomic E-state index is -0.657. The van der Waals surface area contributed by atoms with Gasteiger partial charge in [-0.2, -0.15) is 4.98 Å². The lowest BCUT2D eigenvalue weighted by molar-refractivity contribution is 0.0959. The maximum Gasteiger partial charge on any atom is 0.273 e. The molecule has 224 valence electrons. The number of likely N-dealkylation sites (N-methyl/N-ethyl adjacent to an activating group) is 1. The zero-order valence-corrected chi connectivity index (χ0v) is 24.3. The van der Waals surface area contributed by atoms with Crippen LogP contribution in [0.5, 0.6) is 5.75 Å². The van der Waals surface area contributed by atoms with Gasteiger partial charge in [-0.25, -0.2) is 9.37 Å². The van der Waals surface area contributed by atoms with Crippen LogP contribution in [0.1, 0.15) is 15.9 Å². The molecule has 2 fully saturated rings. The van der Waals surface area contributed by atoms with E-state index in [9.17, 15) is 14.3 Å². The van der Waals surface area contributed by atoms with Gasteiger partial charge >= 0.3 is 0 Å². The fourth-order valence-electron chi connectivity index (χ4n) is 5.15. The van der Waals surface area contributed by atoms with E-state index in [1.54, 1.807) is 17.0 Å². The normalized spacial score (nSPS) is 16.9. The summed E-state index contributed by atoms with van der Waals surface area (Å²) in [6.45, 7) is 8.10. The number of aromatic nitrogens is 2. The van der Waals surface area contributed by atoms with Crippen LogP contribution in [0.3, 0.4) is 0 Å². The highest BCUT2D eigenvalue weighted by atomic mass is 35.5. The summed E-state index contributed by atoms with van der Waals surface area (Å²) in [6.07, 6.45) is 1.04. The minimum Gasteiger partial charge on any atom is -0.506 e. The second-order valence-electron chi connectivity index (χ2n) is 10.6. The number of aliphatic hydroxyl groups is 1. The van der Waals surface area contributed by atoms with Gasteiger partial charge in [-0.1, -0.05) is 35.9 Å². The van der Waals surface area contributed by atoms with Crippen molar-refractivity contribution in [3.05, 3.63) is 64.6 Å². The van der Waals surface area contributed by atoms with Gasteiger partial charge in [0, 0.05) is 65.4 Å². The van der Waals surface area contributed by atoms with E-state index in [1.165, 1.54) is 5.56 Å². The quantitative estimate of drug-likeness (QED) is 0.273. The summed E-state index contributed by atoms with van der Waals surface area (Å²) in [7, 11) is 2.14. The molecule has 0 unspecified atom stereocenters. The maximum atomic E-state index is 14.5. The SMILES string of the molecule is CN1CCN(Cc2ccc(-c3cc(Cl)c(O)c(C(=O)NNc4ncc(F)c(N5CCN(CCO)CC5)n4)c3)cc2)CC1. The third kappa shape index (κ3) is 7.26. The third-order valence-corrected chi connectivity index (χ3v) is 7.99. The number of hydrogen-bond acceptors (Lipinski definition) is 10. The predicted molar refractivity (Wildman–Crippen MR) is 160 cm³/mol. The molecule has 2 aliphatic heterocycles. The van der Waals surface area contributed by atoms with Crippen molar-refractivity contribution in [3.63, 3.8) is 0 Å². The molecular formula is C29H36ClFN8O3. The molecule has 3 heterocycles. The number of nitrogens with zero attached hydrogens (tertiary/aromatic N) is 6. The number of amides is 1. The Kier molecular flexibility index (Phi) is 9.70. The van der Waals surface area contributed by atoms with Crippen molar-refractivity contribution in [2.24, 2.45) is 0 Å². The molecule has 0 aliphatic carbocycles. The lowest BCUT2D eigenvalue weighted by Gasteiger charge is -2.35. The summed E-state index contributed by atoms with van der Waals surface area (Å²) in [5.41, 5.74) is 7.78. The fraction of sp³-hybridized carbons (Fsp3) is 0.414. The van der Waals surface area contributed by atoms with Crippen molar-refractivity contribution in [2.45, 2.75) is 6.54 Å². The van der Waals surface area contributed by atoms with Crippen molar-refractivity contribution < 1.29 is 19.4 Å². The molecule has 2 aromatic carbocycles. The number of nitrogens with one attached hydrogen (secondary N) is 2. The number of phenolic OH excluding ortho intramolecular Hbond substituents is 1. The first-order chi connectivity index (χ1) is 20.3. The molecule has 1 amide bonds. The van der Waals surface area contributed by atoms with Crippen LogP contribution in [0.25, 0.3) is 11.1 Å². The lowest BCUT2D eigenvalue weighted by atomic mass is 10.0. The molecule has 0 bridgehead atoms. The van der Waals surface area contributed by atoms with Crippen LogP contribution >= 0.6 is 11.6 Å². The molecule has 3 aromatic rings. The van der Waals surface area contributed by atoms with Crippen LogP contribution in [0.4, 0.5) is 16.2 Å². The number of aromatic hydroxyl groups is 1. The number of β-amino-alcohol motifs (C(OH)–C–C–N with tert-alkyl or cyclic N) is 1. The van der Waals surface area contributed by atoms with E-state index in [0.29, 0.717) is 38.3 Å². The van der Waals surface area contributed by atoms with Gasteiger partial charge in [0.05, 0.1) is 23.4 Å². The summed E-state index contributed by atoms with van der Waals surface area (Å²) in [5.74, 6) is -1.47. The van der Waals surface area contributed by atoms with Crippen molar-refractivity contribution in [3.8, 4) is 16.9 Å². The van der Waals surface area contributed by atoms with E-state index in [1.807, 2.05) is 12.1 Å². The molecule has 5 rings (SSSR count). The summed E-state index contributed by atoms with van der Waals surface area (Å²) in [5, 5.41) is 19.7. The van der Waals surface area contributed by atoms with Crippen molar-refractivity contribution in [2.75, 3.05) is 82.9 Å². The maximum absolute atomic E-state index is 14.5. The summed E-state index contributed by atoms with van der Waals surface area (Å²) in [4.78, 5) is 29.9. The average molecular weight is 599 g/mol. The molecule has 1 aromatic heterocycles. The monoisotopic (exact) mass is 598 g/mol. The number of rotatable bonds is 9. The Balaban J connectivity index is 1.24. The highest BCUT2D eigenvalue weighted by Crippen LogP contribution is 2.34. The predicted octanol–water partition coefficient (Wildman–Crippen LogP) is 2.26. The molecule has 4 N–H and O–H groups in total. The van der Waals surface area contributed by atoms with Crippen molar-refractivity contribution in [1.82, 2.24) is 30.1 Å². The number of carbonyl (C=O) groups excluding carboxylic acids is 1. The van der Waals surface area contributed by atoms with E-state index < -0.39 is 11.7 Å². The zero-order valence-electron chi connectivity index (χ0n) is 23.6. The zero-order chi connectivity index (χ0) is 29.6. The molecule has 42 heavy (non-hydrogen) atoms. The van der Waals surface area contributed by atoms with Crippen LogP contribution in [-0.4, -0.2) is 113 Å². The topological polar surface area (TPSA) is 120 Å². The van der Waals surface area contributed by atoms with E-state index in [-0.39, 0.29) is 34.7 Å². The van der Waals surface area contributed by atoms with E-state index >= 15 is 0 Å². The Morgan fingerprint density at radius 2 is 1.69 bits per heavy atom. The lowest BCUT2D eigenvalue weighted by Crippen LogP contribution is -2.47. The molecule has 2 saturated heterocycles. The second-order valence-corrected chi connectivity index (χ2v) is 11.0. The van der Waals surface area contributed by atoms with Crippen LogP contribution < -0.4 is 15.8 Å². The molecule has 0 saturated carbocycles. The number of piperazine rings is 2. The molecule has 0 radical (unpaired) electrons. The van der Waals surface area contributed by atoms with Crippen molar-refractivity contribution >= 4 is 29.3 Å². The average Bonchev–Trinajstić information content (AvgIpc) is 3.00. The molecule has 2 aliphatic rings. The van der Waals surface area contributed by atoms with Gasteiger partial charge in [0.25, 0.3) is 5.91 Å². The highest BCUT2D eigenvalue weighted by Gasteiger charge is 2.22. The fourth-order valence-corrected chi connectivity index (χ4v) is 5.37. The van der Waals surface area contributed by atoms with Crippen LogP contribution in [0.2, 0.25) is 5.02 Å². The number of aliphatic hydroxyl groups excluding tert-OH is 1. The Hall–Kier alpha value is -3.55. The molecule has 11 nitrogen and oxygen atoms in total. The van der Waals surface area contributed by atoms with E-state index in [4.69, 9.17) is 16.7 Å². The first-order valence-electron chi connectivity index (χ1n) is 14.0. The van der Waals surface area contributed by atoms with Crippen LogP contribution in [0, 0.1) is 5.82 Å². The number of benzene rings is 2. The van der Waals surface area contributed by atoms with Gasteiger partial charge < -0.3 is 20.0 Å². The van der Waals surface area contributed by atoms with Crippen molar-refractivity contribution in [1.29, 1.82) is 0 Å². The number of hydrazine groups is 1. The molecule has 0 spiro atoms. The third-order valence-electron chi connectivity index (χ3n) is 7.70. The highest BCUT2D eigenvalue weighted by molar-refractivity contribution is 6.33. The van der Waals surface area contributed by atoms with Gasteiger partial charge in [-0.3, -0.25) is 25.4 Å². The summed E-state index contributed by atoms with van der Waals surface area (Å²) in [6, 6.07) is 11.3. The van der Waals surface area contributed by atoms with Gasteiger partial charge in [0.2, 0.25) is 5.95 Å². The Morgan fingerprint density at radius 3 is 2.38 bits per heavy atom. The minimum absolute atomic E-state index is 0.00443. The number of anilines is 2. The van der Waals surface area contributed by atoms with Crippen LogP contribution in [-0.2, 0) is 6.54 Å². The van der Waals surface area contributed by atoms with Gasteiger partial charge in [-0.15, -0.1) is 0 Å². The first-order valence-corrected chi connectivity index (χ1v) is 14.4. The summed E-state index contributed by atoms with van der Waals surface area (Å²) >= 11 is 6.31. The van der Waals surface area contributed by atoms with Gasteiger partial charge in [0.15, 0.2) is 11.6 Å². The summed E-state index contributed by atoms with van der Waals surface area (Å²) < 4.78 is 14.5.